The number of carbonyl (C=O) groups excluding carboxylic acids is 1. The van der Waals surface area contributed by atoms with E-state index in [1.807, 2.05) is 19.9 Å². The predicted octanol–water partition coefficient (Wildman–Crippen LogP) is 2.06. The number of aryl methyl sites for hydroxylation is 1. The third-order valence-corrected chi connectivity index (χ3v) is 3.73. The molecule has 0 spiro atoms. The molecular formula is C16H25N3O. The Balaban J connectivity index is 2.11. The number of nitrogens with zero attached hydrogens (tertiary/aromatic N) is 1. The summed E-state index contributed by atoms with van der Waals surface area (Å²) >= 11 is 0. The molecule has 110 valence electrons. The van der Waals surface area contributed by atoms with Crippen molar-refractivity contribution in [3.05, 3.63) is 29.3 Å². The zero-order chi connectivity index (χ0) is 14.5. The van der Waals surface area contributed by atoms with Crippen molar-refractivity contribution >= 4 is 11.6 Å². The van der Waals surface area contributed by atoms with E-state index in [4.69, 9.17) is 5.73 Å². The number of nitrogens with one attached hydrogen (secondary N) is 1. The summed E-state index contributed by atoms with van der Waals surface area (Å²) in [4.78, 5) is 14.7. The third kappa shape index (κ3) is 3.73. The summed E-state index contributed by atoms with van der Waals surface area (Å²) in [6.07, 6.45) is 3.22. The Bertz CT molecular complexity index is 465. The van der Waals surface area contributed by atoms with E-state index in [0.29, 0.717) is 6.54 Å². The van der Waals surface area contributed by atoms with Crippen molar-refractivity contribution in [2.75, 3.05) is 24.5 Å². The average molecular weight is 275 g/mol. The van der Waals surface area contributed by atoms with Crippen LogP contribution in [0.2, 0.25) is 0 Å². The SMILES string of the molecule is Cc1ccc(N2CCCC2)c(C(=O)NCCC(C)N)c1. The number of nitrogens with two attached hydrogens (primary N) is 1. The Morgan fingerprint density at radius 2 is 2.10 bits per heavy atom. The van der Waals surface area contributed by atoms with Crippen LogP contribution in [-0.4, -0.2) is 31.6 Å². The summed E-state index contributed by atoms with van der Waals surface area (Å²) in [6, 6.07) is 6.24. The summed E-state index contributed by atoms with van der Waals surface area (Å²) in [5, 5.41) is 2.98. The van der Waals surface area contributed by atoms with E-state index in [2.05, 4.69) is 22.3 Å². The van der Waals surface area contributed by atoms with E-state index in [1.165, 1.54) is 12.8 Å². The highest BCUT2D eigenvalue weighted by atomic mass is 16.1. The molecule has 20 heavy (non-hydrogen) atoms. The molecule has 1 heterocycles. The first-order valence-electron chi connectivity index (χ1n) is 7.47. The van der Waals surface area contributed by atoms with Crippen molar-refractivity contribution < 1.29 is 4.79 Å². The number of rotatable bonds is 5. The van der Waals surface area contributed by atoms with Crippen LogP contribution in [0.4, 0.5) is 5.69 Å². The molecule has 1 atom stereocenters. The molecule has 1 unspecified atom stereocenters. The minimum Gasteiger partial charge on any atom is -0.371 e. The number of carbonyl (C=O) groups is 1. The van der Waals surface area contributed by atoms with E-state index in [0.717, 1.165) is 36.3 Å². The fourth-order valence-corrected chi connectivity index (χ4v) is 2.57. The molecule has 0 saturated carbocycles. The summed E-state index contributed by atoms with van der Waals surface area (Å²) in [7, 11) is 0. The maximum atomic E-state index is 12.4. The monoisotopic (exact) mass is 275 g/mol. The molecule has 0 aromatic heterocycles. The average Bonchev–Trinajstić information content (AvgIpc) is 2.91. The Morgan fingerprint density at radius 3 is 2.75 bits per heavy atom. The van der Waals surface area contributed by atoms with E-state index in [9.17, 15) is 4.79 Å². The molecule has 0 radical (unpaired) electrons. The van der Waals surface area contributed by atoms with Crippen LogP contribution in [0, 0.1) is 6.92 Å². The number of amides is 1. The highest BCUT2D eigenvalue weighted by Crippen LogP contribution is 2.25. The van der Waals surface area contributed by atoms with Crippen molar-refractivity contribution in [1.82, 2.24) is 5.32 Å². The summed E-state index contributed by atoms with van der Waals surface area (Å²) in [5.74, 6) is 0.0104. The van der Waals surface area contributed by atoms with Gasteiger partial charge in [-0.25, -0.2) is 0 Å². The lowest BCUT2D eigenvalue weighted by Crippen LogP contribution is -2.30. The lowest BCUT2D eigenvalue weighted by molar-refractivity contribution is 0.0953. The number of anilines is 1. The first-order chi connectivity index (χ1) is 9.58. The van der Waals surface area contributed by atoms with Gasteiger partial charge >= 0.3 is 0 Å². The summed E-state index contributed by atoms with van der Waals surface area (Å²) in [5.41, 5.74) is 8.68. The Labute approximate surface area is 121 Å². The number of benzene rings is 1. The molecule has 4 heteroatoms. The van der Waals surface area contributed by atoms with Crippen LogP contribution in [0.25, 0.3) is 0 Å². The van der Waals surface area contributed by atoms with Gasteiger partial charge in [-0.3, -0.25) is 4.79 Å². The first-order valence-corrected chi connectivity index (χ1v) is 7.47. The van der Waals surface area contributed by atoms with Crippen molar-refractivity contribution in [1.29, 1.82) is 0 Å². The number of hydrogen-bond donors (Lipinski definition) is 2. The largest absolute Gasteiger partial charge is 0.371 e. The van der Waals surface area contributed by atoms with Crippen LogP contribution in [0.5, 0.6) is 0 Å². The van der Waals surface area contributed by atoms with Crippen LogP contribution in [-0.2, 0) is 0 Å². The van der Waals surface area contributed by atoms with E-state index in [1.54, 1.807) is 0 Å². The maximum absolute atomic E-state index is 12.4. The molecule has 1 aromatic carbocycles. The molecule has 0 bridgehead atoms. The van der Waals surface area contributed by atoms with Crippen LogP contribution in [0.1, 0.15) is 42.1 Å². The molecule has 3 N–H and O–H groups in total. The van der Waals surface area contributed by atoms with Gasteiger partial charge in [0.25, 0.3) is 5.91 Å². The lowest BCUT2D eigenvalue weighted by atomic mass is 10.1. The standard InChI is InChI=1S/C16H25N3O/c1-12-5-6-15(19-9-3-4-10-19)14(11-12)16(20)18-8-7-13(2)17/h5-6,11,13H,3-4,7-10,17H2,1-2H3,(H,18,20). The predicted molar refractivity (Wildman–Crippen MR) is 83.2 cm³/mol. The second kappa shape index (κ2) is 6.75. The van der Waals surface area contributed by atoms with Gasteiger partial charge in [-0.05, 0) is 45.2 Å². The number of hydrogen-bond acceptors (Lipinski definition) is 3. The smallest absolute Gasteiger partial charge is 0.253 e. The molecule has 2 rings (SSSR count). The van der Waals surface area contributed by atoms with Crippen LogP contribution >= 0.6 is 0 Å². The molecule has 0 aliphatic carbocycles. The maximum Gasteiger partial charge on any atom is 0.253 e. The van der Waals surface area contributed by atoms with Crippen LogP contribution < -0.4 is 16.0 Å². The lowest BCUT2D eigenvalue weighted by Gasteiger charge is -2.21. The van der Waals surface area contributed by atoms with Gasteiger partial charge in [0.2, 0.25) is 0 Å². The topological polar surface area (TPSA) is 58.4 Å². The highest BCUT2D eigenvalue weighted by molar-refractivity contribution is 6.00. The normalized spacial score (nSPS) is 16.2. The molecular weight excluding hydrogens is 250 g/mol. The van der Waals surface area contributed by atoms with Gasteiger partial charge in [-0.2, -0.15) is 0 Å². The minimum atomic E-state index is 0.0104. The van der Waals surface area contributed by atoms with Crippen molar-refractivity contribution in [3.63, 3.8) is 0 Å². The third-order valence-electron chi connectivity index (χ3n) is 3.73. The van der Waals surface area contributed by atoms with Crippen LogP contribution in [0.3, 0.4) is 0 Å². The Morgan fingerprint density at radius 1 is 1.40 bits per heavy atom. The van der Waals surface area contributed by atoms with Gasteiger partial charge in [-0.15, -0.1) is 0 Å². The van der Waals surface area contributed by atoms with Gasteiger partial charge in [0.15, 0.2) is 0 Å². The first kappa shape index (κ1) is 14.9. The zero-order valence-corrected chi connectivity index (χ0v) is 12.5. The van der Waals surface area contributed by atoms with Gasteiger partial charge in [0.05, 0.1) is 5.56 Å². The van der Waals surface area contributed by atoms with Crippen molar-refractivity contribution in [3.8, 4) is 0 Å². The minimum absolute atomic E-state index is 0.0104. The zero-order valence-electron chi connectivity index (χ0n) is 12.5. The van der Waals surface area contributed by atoms with Gasteiger partial charge in [-0.1, -0.05) is 11.6 Å². The molecule has 4 nitrogen and oxygen atoms in total. The molecule has 1 aliphatic rings. The Hall–Kier alpha value is -1.55. The van der Waals surface area contributed by atoms with E-state index < -0.39 is 0 Å². The fourth-order valence-electron chi connectivity index (χ4n) is 2.57. The fraction of sp³-hybridized carbons (Fsp3) is 0.562. The summed E-state index contributed by atoms with van der Waals surface area (Å²) in [6.45, 7) is 6.69. The molecule has 1 fully saturated rings. The molecule has 1 aliphatic heterocycles. The van der Waals surface area contributed by atoms with E-state index in [-0.39, 0.29) is 11.9 Å². The van der Waals surface area contributed by atoms with Crippen molar-refractivity contribution in [2.24, 2.45) is 5.73 Å². The van der Waals surface area contributed by atoms with E-state index >= 15 is 0 Å². The quantitative estimate of drug-likeness (QED) is 0.865. The van der Waals surface area contributed by atoms with Crippen LogP contribution in [0.15, 0.2) is 18.2 Å². The van der Waals surface area contributed by atoms with Gasteiger partial charge in [0, 0.05) is 31.4 Å². The second-order valence-corrected chi connectivity index (χ2v) is 5.74. The van der Waals surface area contributed by atoms with Gasteiger partial charge < -0.3 is 16.0 Å². The molecule has 1 saturated heterocycles. The highest BCUT2D eigenvalue weighted by Gasteiger charge is 2.19. The summed E-state index contributed by atoms with van der Waals surface area (Å²) < 4.78 is 0. The molecule has 1 aromatic rings. The van der Waals surface area contributed by atoms with Crippen molar-refractivity contribution in [2.45, 2.75) is 39.2 Å². The Kier molecular flexibility index (Phi) is 5.01. The van der Waals surface area contributed by atoms with Gasteiger partial charge in [0.1, 0.15) is 0 Å². The second-order valence-electron chi connectivity index (χ2n) is 5.74. The molecule has 1 amide bonds.